The van der Waals surface area contributed by atoms with Gasteiger partial charge in [-0.2, -0.15) is 5.10 Å². The lowest BCUT2D eigenvalue weighted by molar-refractivity contribution is -0.385. The molecule has 104 valence electrons. The van der Waals surface area contributed by atoms with Crippen LogP contribution in [-0.4, -0.2) is 15.1 Å². The maximum atomic E-state index is 13.7. The van der Waals surface area contributed by atoms with Crippen LogP contribution >= 0.6 is 11.6 Å². The quantitative estimate of drug-likeness (QED) is 0.640. The molecule has 2 aromatic rings. The Morgan fingerprint density at radius 2 is 2.15 bits per heavy atom. The molecule has 0 spiro atoms. The van der Waals surface area contributed by atoms with E-state index in [0.717, 1.165) is 6.07 Å². The number of hydrogen-bond acceptors (Lipinski definition) is 5. The Morgan fingerprint density at radius 1 is 1.40 bits per heavy atom. The molecule has 1 heterocycles. The molecule has 0 fully saturated rings. The van der Waals surface area contributed by atoms with Crippen LogP contribution in [0.3, 0.4) is 0 Å². The Hall–Kier alpha value is -2.28. The fourth-order valence-electron chi connectivity index (χ4n) is 1.52. The molecule has 0 atom stereocenters. The van der Waals surface area contributed by atoms with Gasteiger partial charge in [-0.3, -0.25) is 10.1 Å². The van der Waals surface area contributed by atoms with E-state index in [1.807, 2.05) is 0 Å². The van der Waals surface area contributed by atoms with Gasteiger partial charge in [0.2, 0.25) is 0 Å². The van der Waals surface area contributed by atoms with Crippen LogP contribution in [0.2, 0.25) is 5.15 Å². The molecule has 8 heteroatoms. The minimum absolute atomic E-state index is 0.0155. The van der Waals surface area contributed by atoms with E-state index in [-0.39, 0.29) is 23.2 Å². The molecule has 1 aromatic carbocycles. The summed E-state index contributed by atoms with van der Waals surface area (Å²) < 4.78 is 18.9. The zero-order chi connectivity index (χ0) is 14.7. The van der Waals surface area contributed by atoms with E-state index < -0.39 is 10.7 Å². The molecule has 0 aliphatic rings. The number of ether oxygens (including phenoxy) is 1. The molecule has 2 rings (SSSR count). The number of hydrogen-bond donors (Lipinski definition) is 0. The Bertz CT molecular complexity index is 649. The summed E-state index contributed by atoms with van der Waals surface area (Å²) in [6.07, 6.45) is 0. The summed E-state index contributed by atoms with van der Waals surface area (Å²) in [6.45, 7) is 1.49. The van der Waals surface area contributed by atoms with Crippen LogP contribution in [0.4, 0.5) is 10.1 Å². The van der Waals surface area contributed by atoms with Crippen molar-refractivity contribution in [3.05, 3.63) is 56.6 Å². The van der Waals surface area contributed by atoms with E-state index in [2.05, 4.69) is 10.2 Å². The van der Waals surface area contributed by atoms with E-state index >= 15 is 0 Å². The molecule has 20 heavy (non-hydrogen) atoms. The number of nitrogens with zero attached hydrogens (tertiary/aromatic N) is 3. The zero-order valence-corrected chi connectivity index (χ0v) is 11.1. The van der Waals surface area contributed by atoms with Gasteiger partial charge in [0.1, 0.15) is 12.3 Å². The standard InChI is InChI=1S/C12H9ClFN3O3/c1-7-4-11(9(14)5-10(7)17(18)19)20-6-8-2-3-12(13)16-15-8/h2-5H,6H2,1H3. The minimum atomic E-state index is -0.802. The molecule has 0 saturated carbocycles. The summed E-state index contributed by atoms with van der Waals surface area (Å²) in [5, 5.41) is 18.3. The van der Waals surface area contributed by atoms with E-state index in [0.29, 0.717) is 11.3 Å². The van der Waals surface area contributed by atoms with Gasteiger partial charge in [0.15, 0.2) is 16.7 Å². The summed E-state index contributed by atoms with van der Waals surface area (Å²) in [6, 6.07) is 5.23. The number of nitro benzene ring substituents is 1. The fourth-order valence-corrected chi connectivity index (χ4v) is 1.62. The second-order valence-corrected chi connectivity index (χ2v) is 4.35. The molecule has 0 saturated heterocycles. The van der Waals surface area contributed by atoms with Crippen LogP contribution in [0.5, 0.6) is 5.75 Å². The number of rotatable bonds is 4. The van der Waals surface area contributed by atoms with Crippen molar-refractivity contribution >= 4 is 17.3 Å². The van der Waals surface area contributed by atoms with E-state index in [1.54, 1.807) is 6.07 Å². The Labute approximate surface area is 118 Å². The van der Waals surface area contributed by atoms with Gasteiger partial charge >= 0.3 is 0 Å². The van der Waals surface area contributed by atoms with Gasteiger partial charge in [0.05, 0.1) is 11.0 Å². The van der Waals surface area contributed by atoms with Crippen molar-refractivity contribution in [2.75, 3.05) is 0 Å². The first-order valence-electron chi connectivity index (χ1n) is 5.53. The van der Waals surface area contributed by atoms with Crippen LogP contribution in [0, 0.1) is 22.9 Å². The molecule has 0 aliphatic heterocycles. The number of nitro groups is 1. The first kappa shape index (κ1) is 14.1. The lowest BCUT2D eigenvalue weighted by Gasteiger charge is -2.07. The van der Waals surface area contributed by atoms with Crippen molar-refractivity contribution in [3.63, 3.8) is 0 Å². The van der Waals surface area contributed by atoms with Crippen LogP contribution in [0.25, 0.3) is 0 Å². The third-order valence-corrected chi connectivity index (χ3v) is 2.71. The van der Waals surface area contributed by atoms with Crippen molar-refractivity contribution in [1.82, 2.24) is 10.2 Å². The molecule has 0 amide bonds. The summed E-state index contributed by atoms with van der Waals surface area (Å²) >= 11 is 5.58. The van der Waals surface area contributed by atoms with Crippen molar-refractivity contribution in [2.24, 2.45) is 0 Å². The summed E-state index contributed by atoms with van der Waals surface area (Å²) in [5.74, 6) is -0.880. The molecular formula is C12H9ClFN3O3. The second-order valence-electron chi connectivity index (χ2n) is 3.96. The van der Waals surface area contributed by atoms with Gasteiger partial charge in [-0.25, -0.2) is 4.39 Å². The average molecular weight is 298 g/mol. The van der Waals surface area contributed by atoms with Gasteiger partial charge in [-0.1, -0.05) is 11.6 Å². The van der Waals surface area contributed by atoms with Crippen LogP contribution < -0.4 is 4.74 Å². The van der Waals surface area contributed by atoms with E-state index in [9.17, 15) is 14.5 Å². The second kappa shape index (κ2) is 5.79. The number of benzene rings is 1. The third-order valence-electron chi connectivity index (χ3n) is 2.51. The summed E-state index contributed by atoms with van der Waals surface area (Å²) in [5.41, 5.74) is 0.486. The Morgan fingerprint density at radius 3 is 2.75 bits per heavy atom. The highest BCUT2D eigenvalue weighted by Gasteiger charge is 2.16. The predicted molar refractivity (Wildman–Crippen MR) is 69.2 cm³/mol. The predicted octanol–water partition coefficient (Wildman–Crippen LogP) is 3.06. The van der Waals surface area contributed by atoms with Crippen molar-refractivity contribution in [3.8, 4) is 5.75 Å². The molecule has 6 nitrogen and oxygen atoms in total. The highest BCUT2D eigenvalue weighted by atomic mass is 35.5. The van der Waals surface area contributed by atoms with E-state index in [1.165, 1.54) is 19.1 Å². The monoisotopic (exact) mass is 297 g/mol. The largest absolute Gasteiger partial charge is 0.484 e. The van der Waals surface area contributed by atoms with Crippen LogP contribution in [-0.2, 0) is 6.61 Å². The topological polar surface area (TPSA) is 78.2 Å². The van der Waals surface area contributed by atoms with Crippen molar-refractivity contribution < 1.29 is 14.1 Å². The van der Waals surface area contributed by atoms with Crippen LogP contribution in [0.1, 0.15) is 11.3 Å². The number of aromatic nitrogens is 2. The van der Waals surface area contributed by atoms with Gasteiger partial charge in [0.25, 0.3) is 5.69 Å². The normalized spacial score (nSPS) is 10.3. The minimum Gasteiger partial charge on any atom is -0.484 e. The maximum Gasteiger partial charge on any atom is 0.275 e. The van der Waals surface area contributed by atoms with Crippen molar-refractivity contribution in [2.45, 2.75) is 13.5 Å². The molecule has 0 aliphatic carbocycles. The first-order valence-corrected chi connectivity index (χ1v) is 5.90. The van der Waals surface area contributed by atoms with E-state index in [4.69, 9.17) is 16.3 Å². The fraction of sp³-hybridized carbons (Fsp3) is 0.167. The SMILES string of the molecule is Cc1cc(OCc2ccc(Cl)nn2)c(F)cc1[N+](=O)[O-]. The van der Waals surface area contributed by atoms with Gasteiger partial charge < -0.3 is 4.74 Å². The smallest absolute Gasteiger partial charge is 0.275 e. The summed E-state index contributed by atoms with van der Waals surface area (Å²) in [7, 11) is 0. The number of halogens is 2. The Balaban J connectivity index is 2.16. The third kappa shape index (κ3) is 3.18. The molecule has 0 N–H and O–H groups in total. The molecule has 1 aromatic heterocycles. The summed E-state index contributed by atoms with van der Waals surface area (Å²) in [4.78, 5) is 10.0. The highest BCUT2D eigenvalue weighted by molar-refractivity contribution is 6.29. The van der Waals surface area contributed by atoms with Gasteiger partial charge in [0, 0.05) is 5.56 Å². The van der Waals surface area contributed by atoms with Crippen LogP contribution in [0.15, 0.2) is 24.3 Å². The van der Waals surface area contributed by atoms with Gasteiger partial charge in [-0.15, -0.1) is 5.10 Å². The molecular weight excluding hydrogens is 289 g/mol. The molecule has 0 unspecified atom stereocenters. The molecule has 0 bridgehead atoms. The molecule has 0 radical (unpaired) electrons. The van der Waals surface area contributed by atoms with Crippen molar-refractivity contribution in [1.29, 1.82) is 0 Å². The maximum absolute atomic E-state index is 13.7. The Kier molecular flexibility index (Phi) is 4.09. The lowest BCUT2D eigenvalue weighted by Crippen LogP contribution is -2.02. The lowest BCUT2D eigenvalue weighted by atomic mass is 10.2. The first-order chi connectivity index (χ1) is 9.47. The zero-order valence-electron chi connectivity index (χ0n) is 10.3. The van der Waals surface area contributed by atoms with Gasteiger partial charge in [-0.05, 0) is 25.1 Å². The highest BCUT2D eigenvalue weighted by Crippen LogP contribution is 2.27. The number of aryl methyl sites for hydroxylation is 1. The average Bonchev–Trinajstić information content (AvgIpc) is 2.41.